The molecule has 1 aliphatic rings. The predicted octanol–water partition coefficient (Wildman–Crippen LogP) is 3.56. The number of methoxy groups -OCH3 is 1. The van der Waals surface area contributed by atoms with Gasteiger partial charge in [0.05, 0.1) is 12.7 Å². The van der Waals surface area contributed by atoms with Crippen molar-refractivity contribution in [1.29, 1.82) is 0 Å². The van der Waals surface area contributed by atoms with Gasteiger partial charge in [0.2, 0.25) is 5.88 Å². The molecule has 0 saturated heterocycles. The summed E-state index contributed by atoms with van der Waals surface area (Å²) in [5, 5.41) is 2.48. The van der Waals surface area contributed by atoms with Crippen LogP contribution in [0.15, 0.2) is 30.5 Å². The van der Waals surface area contributed by atoms with Crippen molar-refractivity contribution in [2.24, 2.45) is 0 Å². The van der Waals surface area contributed by atoms with Crippen molar-refractivity contribution in [1.82, 2.24) is 10.3 Å². The van der Waals surface area contributed by atoms with Gasteiger partial charge in [0.1, 0.15) is 11.6 Å². The predicted molar refractivity (Wildman–Crippen MR) is 81.6 cm³/mol. The molecule has 0 unspecified atom stereocenters. The van der Waals surface area contributed by atoms with Crippen molar-refractivity contribution in [3.63, 3.8) is 0 Å². The third-order valence-corrected chi connectivity index (χ3v) is 3.91. The van der Waals surface area contributed by atoms with Crippen LogP contribution in [0, 0.1) is 11.6 Å². The first kappa shape index (κ1) is 17.2. The van der Waals surface area contributed by atoms with Crippen molar-refractivity contribution in [2.75, 3.05) is 7.11 Å². The zero-order chi connectivity index (χ0) is 18.2. The van der Waals surface area contributed by atoms with Crippen LogP contribution in [0.1, 0.15) is 23.2 Å². The van der Waals surface area contributed by atoms with Crippen molar-refractivity contribution in [2.45, 2.75) is 24.8 Å². The molecule has 0 radical (unpaired) electrons. The third-order valence-electron chi connectivity index (χ3n) is 3.91. The van der Waals surface area contributed by atoms with E-state index in [-0.39, 0.29) is 22.6 Å². The van der Waals surface area contributed by atoms with E-state index in [9.17, 15) is 22.4 Å². The summed E-state index contributed by atoms with van der Waals surface area (Å²) >= 11 is 0. The van der Waals surface area contributed by atoms with Crippen molar-refractivity contribution in [3.05, 3.63) is 47.7 Å². The summed E-state index contributed by atoms with van der Waals surface area (Å²) < 4.78 is 57.7. The molecule has 4 nitrogen and oxygen atoms in total. The van der Waals surface area contributed by atoms with Gasteiger partial charge in [0.25, 0.3) is 11.8 Å². The number of carbonyl (C=O) groups is 1. The van der Waals surface area contributed by atoms with Crippen LogP contribution < -0.4 is 10.1 Å². The van der Waals surface area contributed by atoms with Gasteiger partial charge in [-0.3, -0.25) is 4.79 Å². The Morgan fingerprint density at radius 2 is 1.84 bits per heavy atom. The van der Waals surface area contributed by atoms with Gasteiger partial charge in [-0.1, -0.05) is 0 Å². The molecule has 0 bridgehead atoms. The fourth-order valence-electron chi connectivity index (χ4n) is 2.69. The van der Waals surface area contributed by atoms with E-state index >= 15 is 0 Å². The molecule has 1 aromatic heterocycles. The summed E-state index contributed by atoms with van der Waals surface area (Å²) in [6, 6.07) is 3.62. The number of hydrogen-bond donors (Lipinski definition) is 1. The molecule has 2 aromatic rings. The molecule has 1 aliphatic carbocycles. The second kappa shape index (κ2) is 6.34. The quantitative estimate of drug-likeness (QED) is 0.854. The highest BCUT2D eigenvalue weighted by Crippen LogP contribution is 2.37. The van der Waals surface area contributed by atoms with E-state index in [0.717, 1.165) is 18.2 Å². The van der Waals surface area contributed by atoms with Gasteiger partial charge in [-0.15, -0.1) is 0 Å². The van der Waals surface area contributed by atoms with E-state index in [0.29, 0.717) is 0 Å². The average molecular weight is 354 g/mol. The maximum absolute atomic E-state index is 13.5. The maximum Gasteiger partial charge on any atom is 0.253 e. The van der Waals surface area contributed by atoms with Gasteiger partial charge in [0.15, 0.2) is 0 Å². The molecule has 1 aromatic carbocycles. The van der Waals surface area contributed by atoms with Gasteiger partial charge < -0.3 is 10.1 Å². The van der Waals surface area contributed by atoms with E-state index in [4.69, 9.17) is 4.74 Å². The van der Waals surface area contributed by atoms with Crippen LogP contribution >= 0.6 is 0 Å². The van der Waals surface area contributed by atoms with Gasteiger partial charge >= 0.3 is 0 Å². The van der Waals surface area contributed by atoms with Gasteiger partial charge in [-0.05, 0) is 23.8 Å². The Morgan fingerprint density at radius 1 is 1.20 bits per heavy atom. The number of hydrogen-bond acceptors (Lipinski definition) is 3. The van der Waals surface area contributed by atoms with Crippen molar-refractivity contribution >= 4 is 5.91 Å². The fraction of sp³-hybridized carbons (Fsp3) is 0.294. The summed E-state index contributed by atoms with van der Waals surface area (Å²) in [6.07, 6.45) is 0.388. The van der Waals surface area contributed by atoms with Crippen LogP contribution in [0.2, 0.25) is 0 Å². The number of benzene rings is 1. The first-order valence-electron chi connectivity index (χ1n) is 7.46. The number of alkyl halides is 2. The number of pyridine rings is 1. The molecule has 8 heteroatoms. The van der Waals surface area contributed by atoms with Crippen LogP contribution in [-0.4, -0.2) is 30.0 Å². The minimum atomic E-state index is -2.75. The summed E-state index contributed by atoms with van der Waals surface area (Å²) in [5.74, 6) is -4.84. The standard InChI is InChI=1S/C17H14F4N2O2/c1-25-16-14(9-2-11(18)5-12(19)3-9)4-10(8-22-16)15(24)23-13-6-17(20,21)7-13/h2-5,8,13H,6-7H2,1H3,(H,23,24). The molecule has 0 atom stereocenters. The molecule has 25 heavy (non-hydrogen) atoms. The SMILES string of the molecule is COc1ncc(C(=O)NC2CC(F)(F)C2)cc1-c1cc(F)cc(F)c1. The van der Waals surface area contributed by atoms with Gasteiger partial charge in [-0.2, -0.15) is 0 Å². The number of nitrogens with zero attached hydrogens (tertiary/aromatic N) is 1. The zero-order valence-electron chi connectivity index (χ0n) is 13.2. The normalized spacial score (nSPS) is 16.2. The molecule has 0 aliphatic heterocycles. The minimum absolute atomic E-state index is 0.0793. The topological polar surface area (TPSA) is 51.2 Å². The van der Waals surface area contributed by atoms with E-state index in [1.54, 1.807) is 0 Å². The number of amides is 1. The first-order valence-corrected chi connectivity index (χ1v) is 7.46. The number of rotatable bonds is 4. The second-order valence-electron chi connectivity index (χ2n) is 5.87. The third kappa shape index (κ3) is 3.72. The first-order chi connectivity index (χ1) is 11.8. The summed E-state index contributed by atoms with van der Waals surface area (Å²) in [7, 11) is 1.33. The lowest BCUT2D eigenvalue weighted by Crippen LogP contribution is -2.50. The van der Waals surface area contributed by atoms with Gasteiger partial charge in [0, 0.05) is 36.7 Å². The average Bonchev–Trinajstić information content (AvgIpc) is 2.51. The van der Waals surface area contributed by atoms with Crippen LogP contribution in [0.3, 0.4) is 0 Å². The molecule has 0 spiro atoms. The Kier molecular flexibility index (Phi) is 4.36. The fourth-order valence-corrected chi connectivity index (χ4v) is 2.69. The Balaban J connectivity index is 1.88. The Bertz CT molecular complexity index is 798. The molecule has 1 N–H and O–H groups in total. The number of halogens is 4. The van der Waals surface area contributed by atoms with Crippen LogP contribution in [0.25, 0.3) is 11.1 Å². The van der Waals surface area contributed by atoms with E-state index in [1.165, 1.54) is 19.4 Å². The highest BCUT2D eigenvalue weighted by molar-refractivity contribution is 5.95. The lowest BCUT2D eigenvalue weighted by atomic mass is 9.88. The zero-order valence-corrected chi connectivity index (χ0v) is 13.2. The molecule has 1 saturated carbocycles. The summed E-state index contributed by atoms with van der Waals surface area (Å²) in [4.78, 5) is 16.1. The number of aromatic nitrogens is 1. The molecule has 1 heterocycles. The lowest BCUT2D eigenvalue weighted by Gasteiger charge is -2.35. The number of ether oxygens (including phenoxy) is 1. The second-order valence-corrected chi connectivity index (χ2v) is 5.87. The van der Waals surface area contributed by atoms with Crippen molar-refractivity contribution < 1.29 is 27.1 Å². The number of carbonyl (C=O) groups excluding carboxylic acids is 1. The molecular weight excluding hydrogens is 340 g/mol. The molecule has 1 fully saturated rings. The van der Waals surface area contributed by atoms with Gasteiger partial charge in [-0.25, -0.2) is 22.5 Å². The monoisotopic (exact) mass is 354 g/mol. The van der Waals surface area contributed by atoms with Crippen LogP contribution in [-0.2, 0) is 0 Å². The van der Waals surface area contributed by atoms with E-state index in [1.807, 2.05) is 0 Å². The molecule has 1 amide bonds. The Morgan fingerprint density at radius 3 is 2.40 bits per heavy atom. The van der Waals surface area contributed by atoms with Crippen LogP contribution in [0.4, 0.5) is 17.6 Å². The van der Waals surface area contributed by atoms with E-state index in [2.05, 4.69) is 10.3 Å². The molecular formula is C17H14F4N2O2. The van der Waals surface area contributed by atoms with Crippen molar-refractivity contribution in [3.8, 4) is 17.0 Å². The van der Waals surface area contributed by atoms with E-state index < -0.39 is 42.3 Å². The highest BCUT2D eigenvalue weighted by Gasteiger charge is 2.46. The minimum Gasteiger partial charge on any atom is -0.481 e. The number of nitrogens with one attached hydrogen (secondary N) is 1. The lowest BCUT2D eigenvalue weighted by molar-refractivity contribution is -0.0901. The molecule has 3 rings (SSSR count). The van der Waals surface area contributed by atoms with Crippen LogP contribution in [0.5, 0.6) is 5.88 Å². The smallest absolute Gasteiger partial charge is 0.253 e. The Labute approximate surface area is 140 Å². The Hall–Kier alpha value is -2.64. The summed E-state index contributed by atoms with van der Waals surface area (Å²) in [6.45, 7) is 0. The maximum atomic E-state index is 13.5. The largest absolute Gasteiger partial charge is 0.481 e. The highest BCUT2D eigenvalue weighted by atomic mass is 19.3. The summed E-state index contributed by atoms with van der Waals surface area (Å²) in [5.41, 5.74) is 0.440. The molecule has 132 valence electrons.